The summed E-state index contributed by atoms with van der Waals surface area (Å²) in [5, 5.41) is 8.96. The molecule has 0 spiro atoms. The summed E-state index contributed by atoms with van der Waals surface area (Å²) in [4.78, 5) is 37.0. The van der Waals surface area contributed by atoms with Crippen molar-refractivity contribution in [3.05, 3.63) is 56.2 Å². The van der Waals surface area contributed by atoms with Crippen LogP contribution in [0.25, 0.3) is 11.4 Å². The van der Waals surface area contributed by atoms with Gasteiger partial charge in [-0.2, -0.15) is 0 Å². The van der Waals surface area contributed by atoms with E-state index in [1.54, 1.807) is 4.57 Å². The van der Waals surface area contributed by atoms with Gasteiger partial charge in [-0.15, -0.1) is 10.2 Å². The molecule has 0 bridgehead atoms. The zero-order valence-corrected chi connectivity index (χ0v) is 19.3. The maximum Gasteiger partial charge on any atom is 0.332 e. The number of nitrogen functional groups attached to an aromatic ring is 1. The molecule has 0 amide bonds. The van der Waals surface area contributed by atoms with Crippen LogP contribution in [0, 0.1) is 0 Å². The molecule has 3 rings (SSSR count). The first-order valence-electron chi connectivity index (χ1n) is 9.65. The van der Waals surface area contributed by atoms with E-state index in [1.165, 1.54) is 19.7 Å². The highest BCUT2D eigenvalue weighted by molar-refractivity contribution is 7.99. The molecule has 0 saturated carbocycles. The zero-order chi connectivity index (χ0) is 23.1. The summed E-state index contributed by atoms with van der Waals surface area (Å²) in [6.07, 6.45) is 0. The van der Waals surface area contributed by atoms with E-state index < -0.39 is 17.0 Å². The fourth-order valence-corrected chi connectivity index (χ4v) is 3.92. The number of nitrogens with zero attached hydrogens (tertiary/aromatic N) is 5. The summed E-state index contributed by atoms with van der Waals surface area (Å²) in [7, 11) is 4.55. The van der Waals surface area contributed by atoms with Crippen LogP contribution < -0.4 is 17.0 Å². The van der Waals surface area contributed by atoms with Crippen LogP contribution >= 0.6 is 11.8 Å². The Bertz CT molecular complexity index is 1260. The van der Waals surface area contributed by atoms with Gasteiger partial charge in [-0.3, -0.25) is 18.7 Å². The molecule has 0 unspecified atom stereocenters. The van der Waals surface area contributed by atoms with Gasteiger partial charge in [0.15, 0.2) is 16.8 Å². The van der Waals surface area contributed by atoms with Crippen molar-refractivity contribution in [2.45, 2.75) is 31.3 Å². The molecule has 0 aliphatic rings. The molecule has 2 heterocycles. The minimum absolute atomic E-state index is 0.0552. The molecule has 31 heavy (non-hydrogen) atoms. The van der Waals surface area contributed by atoms with Gasteiger partial charge in [0.25, 0.3) is 5.56 Å². The van der Waals surface area contributed by atoms with E-state index >= 15 is 0 Å². The minimum atomic E-state index is -0.705. The second-order valence-electron chi connectivity index (χ2n) is 8.37. The highest BCUT2D eigenvalue weighted by Crippen LogP contribution is 2.27. The topological polar surface area (TPSA) is 118 Å². The molecular formula is C21H26N6O3S. The zero-order valence-electron chi connectivity index (χ0n) is 18.5. The highest BCUT2D eigenvalue weighted by atomic mass is 32.2. The van der Waals surface area contributed by atoms with Gasteiger partial charge in [0.2, 0.25) is 0 Å². The van der Waals surface area contributed by atoms with Crippen molar-refractivity contribution in [2.24, 2.45) is 21.1 Å². The number of carbonyl (C=O) groups is 1. The van der Waals surface area contributed by atoms with E-state index in [0.717, 1.165) is 26.5 Å². The molecule has 0 saturated heterocycles. The van der Waals surface area contributed by atoms with Crippen LogP contribution in [0.2, 0.25) is 0 Å². The third-order valence-corrected chi connectivity index (χ3v) is 6.19. The molecule has 0 atom stereocenters. The third-order valence-electron chi connectivity index (χ3n) is 5.17. The van der Waals surface area contributed by atoms with Crippen LogP contribution in [0.3, 0.4) is 0 Å². The van der Waals surface area contributed by atoms with Gasteiger partial charge in [0.1, 0.15) is 11.4 Å². The van der Waals surface area contributed by atoms with Crippen LogP contribution in [-0.2, 0) is 26.6 Å². The quantitative estimate of drug-likeness (QED) is 0.472. The van der Waals surface area contributed by atoms with Crippen molar-refractivity contribution in [3.8, 4) is 11.4 Å². The fraction of sp³-hybridized carbons (Fsp3) is 0.381. The Balaban J connectivity index is 1.82. The Kier molecular flexibility index (Phi) is 5.95. The average molecular weight is 443 g/mol. The van der Waals surface area contributed by atoms with Crippen LogP contribution in [0.4, 0.5) is 5.82 Å². The molecule has 2 aromatic heterocycles. The minimum Gasteiger partial charge on any atom is -0.384 e. The summed E-state index contributed by atoms with van der Waals surface area (Å²) in [5.41, 5.74) is 6.57. The first-order chi connectivity index (χ1) is 14.4. The summed E-state index contributed by atoms with van der Waals surface area (Å²) in [6.45, 7) is 6.46. The van der Waals surface area contributed by atoms with Gasteiger partial charge in [-0.25, -0.2) is 4.79 Å². The number of nitrogens with two attached hydrogens (primary N) is 1. The Morgan fingerprint density at radius 1 is 1.00 bits per heavy atom. The number of carbonyl (C=O) groups excluding carboxylic acids is 1. The van der Waals surface area contributed by atoms with Gasteiger partial charge in [-0.1, -0.05) is 56.8 Å². The van der Waals surface area contributed by atoms with E-state index in [0.29, 0.717) is 11.0 Å². The van der Waals surface area contributed by atoms with Gasteiger partial charge in [0, 0.05) is 26.7 Å². The van der Waals surface area contributed by atoms with Crippen LogP contribution in [-0.4, -0.2) is 35.4 Å². The number of Topliss-reactive ketones (excluding diaryl/α,β-unsaturated/α-hetero) is 1. The van der Waals surface area contributed by atoms with Crippen molar-refractivity contribution >= 4 is 23.4 Å². The molecule has 0 radical (unpaired) electrons. The molecule has 0 aliphatic heterocycles. The second-order valence-corrected chi connectivity index (χ2v) is 9.31. The van der Waals surface area contributed by atoms with E-state index in [9.17, 15) is 14.4 Å². The number of benzene rings is 1. The van der Waals surface area contributed by atoms with E-state index in [4.69, 9.17) is 5.73 Å². The molecule has 3 aromatic rings. The first-order valence-corrected chi connectivity index (χ1v) is 10.6. The van der Waals surface area contributed by atoms with Gasteiger partial charge in [-0.05, 0) is 11.0 Å². The van der Waals surface area contributed by atoms with Gasteiger partial charge in [0.05, 0.1) is 5.75 Å². The predicted octanol–water partition coefficient (Wildman–Crippen LogP) is 1.73. The fourth-order valence-electron chi connectivity index (χ4n) is 3.14. The predicted molar refractivity (Wildman–Crippen MR) is 122 cm³/mol. The van der Waals surface area contributed by atoms with Crippen molar-refractivity contribution in [1.82, 2.24) is 23.9 Å². The maximum atomic E-state index is 12.7. The maximum absolute atomic E-state index is 12.7. The summed E-state index contributed by atoms with van der Waals surface area (Å²) in [5.74, 6) is -0.00550. The Morgan fingerprint density at radius 3 is 2.19 bits per heavy atom. The molecule has 9 nitrogen and oxygen atoms in total. The van der Waals surface area contributed by atoms with Crippen molar-refractivity contribution in [1.29, 1.82) is 0 Å². The Hall–Kier alpha value is -3.14. The summed E-state index contributed by atoms with van der Waals surface area (Å²) >= 11 is 1.15. The van der Waals surface area contributed by atoms with Crippen molar-refractivity contribution in [2.75, 3.05) is 11.5 Å². The molecular weight excluding hydrogens is 416 g/mol. The van der Waals surface area contributed by atoms with E-state index in [-0.39, 0.29) is 22.5 Å². The summed E-state index contributed by atoms with van der Waals surface area (Å²) in [6, 6.07) is 8.13. The van der Waals surface area contributed by atoms with E-state index in [1.807, 2.05) is 19.2 Å². The van der Waals surface area contributed by atoms with E-state index in [2.05, 4.69) is 43.1 Å². The highest BCUT2D eigenvalue weighted by Gasteiger charge is 2.22. The Morgan fingerprint density at radius 2 is 1.61 bits per heavy atom. The normalized spacial score (nSPS) is 11.7. The monoisotopic (exact) mass is 442 g/mol. The second kappa shape index (κ2) is 8.18. The lowest BCUT2D eigenvalue weighted by atomic mass is 9.87. The van der Waals surface area contributed by atoms with Crippen LogP contribution in [0.15, 0.2) is 39.0 Å². The third kappa shape index (κ3) is 4.20. The molecule has 0 aliphatic carbocycles. The number of anilines is 1. The summed E-state index contributed by atoms with van der Waals surface area (Å²) < 4.78 is 3.75. The lowest BCUT2D eigenvalue weighted by Crippen LogP contribution is -2.41. The SMILES string of the molecule is Cn1c(SCC(=O)c2c(N)n(C)c(=O)n(C)c2=O)nnc1-c1ccc(C(C)(C)C)cc1. The van der Waals surface area contributed by atoms with Crippen molar-refractivity contribution in [3.63, 3.8) is 0 Å². The molecule has 0 fully saturated rings. The Labute approximate surface area is 183 Å². The lowest BCUT2D eigenvalue weighted by Gasteiger charge is -2.19. The molecule has 2 N–H and O–H groups in total. The molecule has 164 valence electrons. The number of ketones is 1. The largest absolute Gasteiger partial charge is 0.384 e. The first kappa shape index (κ1) is 22.5. The number of hydrogen-bond acceptors (Lipinski definition) is 7. The van der Waals surface area contributed by atoms with Crippen LogP contribution in [0.5, 0.6) is 0 Å². The lowest BCUT2D eigenvalue weighted by molar-refractivity contribution is 0.102. The average Bonchev–Trinajstić information content (AvgIpc) is 3.09. The number of rotatable bonds is 5. The van der Waals surface area contributed by atoms with Crippen LogP contribution in [0.1, 0.15) is 36.7 Å². The number of thioether (sulfide) groups is 1. The van der Waals surface area contributed by atoms with Crippen molar-refractivity contribution < 1.29 is 4.79 Å². The smallest absolute Gasteiger partial charge is 0.332 e. The number of aromatic nitrogens is 5. The molecule has 10 heteroatoms. The number of hydrogen-bond donors (Lipinski definition) is 1. The molecule has 1 aromatic carbocycles. The van der Waals surface area contributed by atoms with Gasteiger partial charge < -0.3 is 10.3 Å². The standard InChI is InChI=1S/C21H26N6O3S/c1-21(2,3)13-9-7-12(8-10-13)17-23-24-19(26(17)5)31-11-14(28)15-16(22)25(4)20(30)27(6)18(15)29/h7-10H,11,22H2,1-6H3. The van der Waals surface area contributed by atoms with Gasteiger partial charge >= 0.3 is 5.69 Å².